The molecule has 1 unspecified atom stereocenters. The Morgan fingerprint density at radius 2 is 2.00 bits per heavy atom. The van der Waals surface area contributed by atoms with Crippen molar-refractivity contribution in [2.24, 2.45) is 7.05 Å². The van der Waals surface area contributed by atoms with Gasteiger partial charge >= 0.3 is 5.97 Å². The highest BCUT2D eigenvalue weighted by Crippen LogP contribution is 2.32. The van der Waals surface area contributed by atoms with Crippen LogP contribution in [0.1, 0.15) is 21.6 Å². The van der Waals surface area contributed by atoms with Gasteiger partial charge in [-0.3, -0.25) is 0 Å². The van der Waals surface area contributed by atoms with Crippen LogP contribution in [0.15, 0.2) is 12.1 Å². The molecular formula is C14H18N2O5S. The fourth-order valence-corrected chi connectivity index (χ4v) is 3.13. The number of carboxylic acids is 1. The molecule has 0 aliphatic rings. The van der Waals surface area contributed by atoms with Gasteiger partial charge in [0, 0.05) is 35.8 Å². The lowest BCUT2D eigenvalue weighted by Gasteiger charge is -2.12. The van der Waals surface area contributed by atoms with Crippen molar-refractivity contribution in [1.82, 2.24) is 9.47 Å². The van der Waals surface area contributed by atoms with E-state index >= 15 is 0 Å². The van der Waals surface area contributed by atoms with Crippen molar-refractivity contribution in [2.75, 3.05) is 14.1 Å². The first-order valence-corrected chi connectivity index (χ1v) is 7.78. The van der Waals surface area contributed by atoms with Crippen LogP contribution in [0.4, 0.5) is 0 Å². The summed E-state index contributed by atoms with van der Waals surface area (Å²) >= 11 is -2.16. The van der Waals surface area contributed by atoms with E-state index in [9.17, 15) is 19.2 Å². The first kappa shape index (κ1) is 16.5. The van der Waals surface area contributed by atoms with Gasteiger partial charge in [-0.15, -0.1) is 0 Å². The van der Waals surface area contributed by atoms with E-state index in [0.717, 1.165) is 0 Å². The van der Waals surface area contributed by atoms with Gasteiger partial charge in [0.2, 0.25) is 0 Å². The lowest BCUT2D eigenvalue weighted by atomic mass is 10.1. The Balaban J connectivity index is 2.76. The fraction of sp³-hybridized carbons (Fsp3) is 0.357. The number of aryl methyl sites for hydroxylation is 1. The number of phenolic OH excluding ortho intramolecular Hbond substituents is 1. The number of aromatic carboxylic acids is 1. The molecule has 22 heavy (non-hydrogen) atoms. The van der Waals surface area contributed by atoms with Gasteiger partial charge in [-0.25, -0.2) is 9.00 Å². The molecule has 120 valence electrons. The third kappa shape index (κ3) is 2.99. The molecule has 0 saturated carbocycles. The van der Waals surface area contributed by atoms with E-state index in [1.807, 2.05) is 19.0 Å². The largest absolute Gasteiger partial charge is 0.508 e. The number of benzene rings is 1. The second-order valence-corrected chi connectivity index (χ2v) is 6.32. The van der Waals surface area contributed by atoms with Crippen molar-refractivity contribution in [3.63, 3.8) is 0 Å². The Morgan fingerprint density at radius 1 is 1.36 bits per heavy atom. The van der Waals surface area contributed by atoms with Crippen molar-refractivity contribution in [2.45, 2.75) is 12.3 Å². The van der Waals surface area contributed by atoms with E-state index in [1.54, 1.807) is 17.7 Å². The summed E-state index contributed by atoms with van der Waals surface area (Å²) in [6, 6.07) is 3.11. The highest BCUT2D eigenvalue weighted by atomic mass is 32.2. The van der Waals surface area contributed by atoms with Crippen LogP contribution >= 0.6 is 0 Å². The Morgan fingerprint density at radius 3 is 2.50 bits per heavy atom. The first-order valence-electron chi connectivity index (χ1n) is 6.51. The second kappa shape index (κ2) is 6.07. The number of aromatic hydroxyl groups is 1. The van der Waals surface area contributed by atoms with Crippen molar-refractivity contribution in [1.29, 1.82) is 0 Å². The van der Waals surface area contributed by atoms with Crippen molar-refractivity contribution in [3.8, 4) is 5.75 Å². The Bertz CT molecular complexity index is 766. The molecule has 0 fully saturated rings. The van der Waals surface area contributed by atoms with E-state index in [2.05, 4.69) is 0 Å². The molecular weight excluding hydrogens is 308 g/mol. The maximum atomic E-state index is 11.5. The molecule has 1 aromatic heterocycles. The summed E-state index contributed by atoms with van der Waals surface area (Å²) in [5, 5.41) is 19.9. The summed E-state index contributed by atoms with van der Waals surface area (Å²) in [6.07, 6.45) is 0. The second-order valence-electron chi connectivity index (χ2n) is 5.39. The first-order chi connectivity index (χ1) is 10.2. The van der Waals surface area contributed by atoms with Crippen molar-refractivity contribution in [3.05, 3.63) is 29.0 Å². The fourth-order valence-electron chi connectivity index (χ4n) is 2.56. The number of carbonyl (C=O) groups is 1. The van der Waals surface area contributed by atoms with Gasteiger partial charge in [0.25, 0.3) is 0 Å². The minimum Gasteiger partial charge on any atom is -0.508 e. The molecule has 0 bridgehead atoms. The highest BCUT2D eigenvalue weighted by molar-refractivity contribution is 7.78. The molecule has 0 radical (unpaired) electrons. The Hall–Kier alpha value is -1.90. The van der Waals surface area contributed by atoms with Gasteiger partial charge in [0.05, 0.1) is 11.3 Å². The van der Waals surface area contributed by atoms with Crippen LogP contribution in [0.25, 0.3) is 10.9 Å². The minimum atomic E-state index is -2.16. The van der Waals surface area contributed by atoms with Crippen LogP contribution in [-0.2, 0) is 30.4 Å². The zero-order chi connectivity index (χ0) is 16.6. The van der Waals surface area contributed by atoms with Gasteiger partial charge < -0.3 is 24.2 Å². The number of hydrogen-bond donors (Lipinski definition) is 3. The molecule has 1 aromatic carbocycles. The van der Waals surface area contributed by atoms with E-state index in [-0.39, 0.29) is 22.8 Å². The van der Waals surface area contributed by atoms with Crippen molar-refractivity contribution >= 4 is 28.0 Å². The van der Waals surface area contributed by atoms with E-state index in [1.165, 1.54) is 6.07 Å². The molecule has 8 heteroatoms. The standard InChI is InChI=1S/C14H18N2O5S/c1-15(2)6-8-4-10-9(5-12(8)17)13(14(18)19)11(16(10)3)7-22(20)21/h4-5,17H,6-7H2,1-3H3,(H,18,19)(H,20,21). The number of aromatic nitrogens is 1. The summed E-state index contributed by atoms with van der Waals surface area (Å²) in [5.41, 5.74) is 1.47. The van der Waals surface area contributed by atoms with E-state index in [4.69, 9.17) is 4.55 Å². The van der Waals surface area contributed by atoms with Crippen LogP contribution < -0.4 is 0 Å². The minimum absolute atomic E-state index is 0.00553. The molecule has 2 aromatic rings. The molecule has 2 rings (SSSR count). The zero-order valence-corrected chi connectivity index (χ0v) is 13.3. The smallest absolute Gasteiger partial charge is 0.338 e. The van der Waals surface area contributed by atoms with Crippen LogP contribution in [0.5, 0.6) is 5.75 Å². The SMILES string of the molecule is CN(C)Cc1cc2c(cc1O)c(C(=O)O)c(CS(=O)O)n2C. The number of rotatable bonds is 5. The number of nitrogens with zero attached hydrogens (tertiary/aromatic N) is 2. The number of phenols is 1. The van der Waals surface area contributed by atoms with Gasteiger partial charge in [0.15, 0.2) is 11.1 Å². The van der Waals surface area contributed by atoms with Crippen LogP contribution in [0.2, 0.25) is 0 Å². The van der Waals surface area contributed by atoms with Crippen molar-refractivity contribution < 1.29 is 23.8 Å². The zero-order valence-electron chi connectivity index (χ0n) is 12.5. The summed E-state index contributed by atoms with van der Waals surface area (Å²) in [6.45, 7) is 0.497. The maximum Gasteiger partial charge on any atom is 0.338 e. The predicted molar refractivity (Wildman–Crippen MR) is 83.4 cm³/mol. The molecule has 3 N–H and O–H groups in total. The number of fused-ring (bicyclic) bond motifs is 1. The molecule has 0 amide bonds. The molecule has 1 atom stereocenters. The summed E-state index contributed by atoms with van der Waals surface area (Å²) < 4.78 is 21.8. The lowest BCUT2D eigenvalue weighted by Crippen LogP contribution is -2.10. The summed E-state index contributed by atoms with van der Waals surface area (Å²) in [4.78, 5) is 13.4. The number of hydrogen-bond acceptors (Lipinski definition) is 4. The Labute approximate surface area is 130 Å². The average molecular weight is 326 g/mol. The van der Waals surface area contributed by atoms with E-state index in [0.29, 0.717) is 23.0 Å². The third-order valence-electron chi connectivity index (χ3n) is 3.48. The van der Waals surface area contributed by atoms with Crippen LogP contribution in [0.3, 0.4) is 0 Å². The third-order valence-corrected chi connectivity index (χ3v) is 4.00. The quantitative estimate of drug-likeness (QED) is 0.717. The van der Waals surface area contributed by atoms with Gasteiger partial charge in [-0.1, -0.05) is 0 Å². The maximum absolute atomic E-state index is 11.5. The number of carboxylic acid groups (broad SMARTS) is 1. The van der Waals surface area contributed by atoms with Gasteiger partial charge in [-0.2, -0.15) is 0 Å². The average Bonchev–Trinajstić information content (AvgIpc) is 2.62. The summed E-state index contributed by atoms with van der Waals surface area (Å²) in [5.74, 6) is -1.46. The molecule has 0 saturated heterocycles. The van der Waals surface area contributed by atoms with Gasteiger partial charge in [0.1, 0.15) is 5.75 Å². The van der Waals surface area contributed by atoms with E-state index < -0.39 is 17.0 Å². The Kier molecular flexibility index (Phi) is 4.55. The molecule has 1 heterocycles. The normalized spacial score (nSPS) is 13.0. The monoisotopic (exact) mass is 326 g/mol. The molecule has 0 aliphatic carbocycles. The highest BCUT2D eigenvalue weighted by Gasteiger charge is 2.23. The molecule has 0 aliphatic heterocycles. The topological polar surface area (TPSA) is 103 Å². The summed E-state index contributed by atoms with van der Waals surface area (Å²) in [7, 11) is 5.36. The van der Waals surface area contributed by atoms with Crippen LogP contribution in [0, 0.1) is 0 Å². The lowest BCUT2D eigenvalue weighted by molar-refractivity contribution is 0.0698. The predicted octanol–water partition coefficient (Wildman–Crippen LogP) is 1.37. The van der Waals surface area contributed by atoms with Crippen LogP contribution in [-0.4, -0.2) is 48.5 Å². The van der Waals surface area contributed by atoms with Gasteiger partial charge in [-0.05, 0) is 26.2 Å². The molecule has 7 nitrogen and oxygen atoms in total. The molecule has 0 spiro atoms.